The Kier molecular flexibility index (Phi) is 10.4. The Morgan fingerprint density at radius 2 is 0.886 bits per heavy atom. The van der Waals surface area contributed by atoms with Crippen LogP contribution in [0.5, 0.6) is 0 Å². The number of fused-ring (bicyclic) bond motifs is 11. The lowest BCUT2D eigenvalue weighted by Gasteiger charge is -2.41. The first-order chi connectivity index (χ1) is 38.0. The molecule has 15 rings (SSSR count). The maximum Gasteiger partial charge on any atom is 0.197 e. The Balaban J connectivity index is 0.979. The summed E-state index contributed by atoms with van der Waals surface area (Å²) in [6.45, 7) is 19.2. The minimum atomic E-state index is 0.0550. The van der Waals surface area contributed by atoms with Crippen LogP contribution in [-0.2, 0) is 21.7 Å². The molecule has 0 spiro atoms. The molecule has 0 saturated heterocycles. The van der Waals surface area contributed by atoms with E-state index in [2.05, 4.69) is 261 Å². The van der Waals surface area contributed by atoms with Crippen LogP contribution in [0.25, 0.3) is 88.0 Å². The number of benzene rings is 10. The summed E-state index contributed by atoms with van der Waals surface area (Å²) in [4.78, 5) is 2.48. The fraction of sp³-hybridized carbons (Fsp3) is 0.216. The highest BCUT2D eigenvalue weighted by molar-refractivity contribution is 6.73. The third-order valence-electron chi connectivity index (χ3n) is 18.8. The Morgan fingerprint density at radius 3 is 1.49 bits per heavy atom. The van der Waals surface area contributed by atoms with E-state index >= 15 is 0 Å². The number of nitrogens with one attached hydrogen (secondary N) is 1. The van der Waals surface area contributed by atoms with Crippen LogP contribution in [0.1, 0.15) is 103 Å². The SMILES string of the molecule is CC1(C)CCC(C)(C)c2cc3c(cc21)oc1cc(N2c4cc5oc6cc7c(cc6c5cc4[B]c4c(-c5cc6ccccc6cc5Nc5ccc(-c6ccccc6)cc5)cc(-c5ccccc5)cc42)C(C)(C)CCC7(C)C)ccc13. The molecule has 0 bridgehead atoms. The first-order valence-corrected chi connectivity index (χ1v) is 28.5. The molecule has 3 heterocycles. The number of hydrogen-bond acceptors (Lipinski definition) is 4. The van der Waals surface area contributed by atoms with Gasteiger partial charge in [-0.3, -0.25) is 0 Å². The second-order valence-electron chi connectivity index (χ2n) is 25.7. The van der Waals surface area contributed by atoms with Crippen LogP contribution in [0.4, 0.5) is 28.4 Å². The molecule has 4 nitrogen and oxygen atoms in total. The van der Waals surface area contributed by atoms with Crippen LogP contribution >= 0.6 is 0 Å². The number of rotatable bonds is 6. The molecule has 2 aliphatic carbocycles. The molecule has 0 atom stereocenters. The summed E-state index contributed by atoms with van der Waals surface area (Å²) < 4.78 is 14.1. The van der Waals surface area contributed by atoms with Crippen molar-refractivity contribution in [1.29, 1.82) is 0 Å². The summed E-state index contributed by atoms with van der Waals surface area (Å²) in [7, 11) is 2.44. The molecule has 1 N–H and O–H groups in total. The molecule has 5 heteroatoms. The van der Waals surface area contributed by atoms with Crippen LogP contribution in [0, 0.1) is 0 Å². The molecule has 1 aliphatic heterocycles. The van der Waals surface area contributed by atoms with E-state index in [9.17, 15) is 0 Å². The van der Waals surface area contributed by atoms with Gasteiger partial charge in [0.15, 0.2) is 7.28 Å². The summed E-state index contributed by atoms with van der Waals surface area (Å²) in [5.41, 5.74) is 24.0. The van der Waals surface area contributed by atoms with Crippen molar-refractivity contribution in [3.05, 3.63) is 210 Å². The molecule has 3 aliphatic rings. The smallest absolute Gasteiger partial charge is 0.197 e. The van der Waals surface area contributed by atoms with Crippen LogP contribution in [0.3, 0.4) is 0 Å². The van der Waals surface area contributed by atoms with Gasteiger partial charge in [0.2, 0.25) is 0 Å². The maximum absolute atomic E-state index is 7.08. The fourth-order valence-corrected chi connectivity index (χ4v) is 13.8. The van der Waals surface area contributed by atoms with Crippen LogP contribution in [-0.4, -0.2) is 7.28 Å². The molecule has 0 unspecified atom stereocenters. The van der Waals surface area contributed by atoms with E-state index in [1.54, 1.807) is 0 Å². The molecule has 1 radical (unpaired) electrons. The van der Waals surface area contributed by atoms with Gasteiger partial charge in [-0.05, 0) is 186 Å². The molecule has 0 amide bonds. The largest absolute Gasteiger partial charge is 0.456 e. The second kappa shape index (κ2) is 17.1. The summed E-state index contributed by atoms with van der Waals surface area (Å²) in [5, 5.41) is 10.9. The van der Waals surface area contributed by atoms with E-state index in [0.717, 1.165) is 120 Å². The molecule has 0 saturated carbocycles. The third kappa shape index (κ3) is 7.71. The molecular formula is C74H64BN2O2. The highest BCUT2D eigenvalue weighted by atomic mass is 16.3. The Bertz CT molecular complexity index is 4480. The number of nitrogens with zero attached hydrogens (tertiary/aromatic N) is 1. The van der Waals surface area contributed by atoms with Crippen LogP contribution in [0.15, 0.2) is 197 Å². The normalized spacial score (nSPS) is 16.6. The van der Waals surface area contributed by atoms with Crippen molar-refractivity contribution < 1.29 is 8.83 Å². The fourth-order valence-electron chi connectivity index (χ4n) is 13.8. The highest BCUT2D eigenvalue weighted by Crippen LogP contribution is 2.52. The first-order valence-electron chi connectivity index (χ1n) is 28.5. The van der Waals surface area contributed by atoms with Gasteiger partial charge in [-0.25, -0.2) is 0 Å². The molecule has 12 aromatic rings. The van der Waals surface area contributed by atoms with E-state index < -0.39 is 0 Å². The van der Waals surface area contributed by atoms with Crippen molar-refractivity contribution >= 4 is 101 Å². The minimum Gasteiger partial charge on any atom is -0.456 e. The predicted octanol–water partition coefficient (Wildman–Crippen LogP) is 19.5. The average molecular weight is 1020 g/mol. The summed E-state index contributed by atoms with van der Waals surface area (Å²) >= 11 is 0. The van der Waals surface area contributed by atoms with E-state index in [4.69, 9.17) is 8.83 Å². The van der Waals surface area contributed by atoms with Crippen molar-refractivity contribution in [3.8, 4) is 33.4 Å². The van der Waals surface area contributed by atoms with E-state index in [0.29, 0.717) is 0 Å². The van der Waals surface area contributed by atoms with Crippen LogP contribution < -0.4 is 21.1 Å². The van der Waals surface area contributed by atoms with Crippen molar-refractivity contribution in [1.82, 2.24) is 0 Å². The maximum atomic E-state index is 7.08. The average Bonchev–Trinajstić information content (AvgIpc) is 3.69. The zero-order valence-corrected chi connectivity index (χ0v) is 46.6. The van der Waals surface area contributed by atoms with Gasteiger partial charge in [-0.2, -0.15) is 0 Å². The highest BCUT2D eigenvalue weighted by Gasteiger charge is 2.40. The van der Waals surface area contributed by atoms with E-state index in [1.165, 1.54) is 54.9 Å². The number of hydrogen-bond donors (Lipinski definition) is 1. The monoisotopic (exact) mass is 1020 g/mol. The third-order valence-corrected chi connectivity index (χ3v) is 18.8. The summed E-state index contributed by atoms with van der Waals surface area (Å²) in [5.74, 6) is 0. The molecule has 10 aromatic carbocycles. The summed E-state index contributed by atoms with van der Waals surface area (Å²) in [6, 6.07) is 69.7. The second-order valence-corrected chi connectivity index (χ2v) is 25.7. The van der Waals surface area contributed by atoms with Crippen LogP contribution in [0.2, 0.25) is 0 Å². The molecule has 385 valence electrons. The topological polar surface area (TPSA) is 41.6 Å². The van der Waals surface area contributed by atoms with E-state index in [-0.39, 0.29) is 21.7 Å². The van der Waals surface area contributed by atoms with Crippen molar-refractivity contribution in [3.63, 3.8) is 0 Å². The first kappa shape index (κ1) is 47.9. The van der Waals surface area contributed by atoms with Gasteiger partial charge in [-0.1, -0.05) is 164 Å². The Hall–Kier alpha value is -8.28. The van der Waals surface area contributed by atoms with Crippen molar-refractivity contribution in [2.24, 2.45) is 0 Å². The van der Waals surface area contributed by atoms with Gasteiger partial charge in [0, 0.05) is 67.7 Å². The van der Waals surface area contributed by atoms with Gasteiger partial charge >= 0.3 is 0 Å². The Morgan fingerprint density at radius 1 is 0.392 bits per heavy atom. The van der Waals surface area contributed by atoms with Gasteiger partial charge < -0.3 is 19.1 Å². The van der Waals surface area contributed by atoms with Crippen molar-refractivity contribution in [2.75, 3.05) is 10.2 Å². The summed E-state index contributed by atoms with van der Waals surface area (Å²) in [6.07, 6.45) is 4.60. The number of furan rings is 2. The zero-order valence-electron chi connectivity index (χ0n) is 46.6. The molecule has 2 aromatic heterocycles. The standard InChI is InChI=1S/C74H64BN2O2/c1-71(2)29-31-73(5,6)60-41-67-54(38-58(60)71)52-28-27-51(37-66(52)78-67)77-64-43-69-56(55-39-59-61(42-68(55)79-69)74(7,8)32-30-72(59,3)4)40-62(64)75-70-57(34-49(36-65(70)77)45-19-13-10-14-20-45)53-33-47-21-15-16-22-48(47)35-63(53)76-50-25-23-46(24-26-50)44-17-11-9-12-18-44/h9-28,33-43,76H,29-32H2,1-8H3. The minimum absolute atomic E-state index is 0.0550. The molecule has 79 heavy (non-hydrogen) atoms. The quantitative estimate of drug-likeness (QED) is 0.169. The van der Waals surface area contributed by atoms with Gasteiger partial charge in [0.1, 0.15) is 22.3 Å². The zero-order chi connectivity index (χ0) is 53.7. The molecule has 0 fully saturated rings. The van der Waals surface area contributed by atoms with Gasteiger partial charge in [-0.15, -0.1) is 0 Å². The van der Waals surface area contributed by atoms with Gasteiger partial charge in [0.05, 0.1) is 0 Å². The Labute approximate surface area is 464 Å². The molecular weight excluding hydrogens is 960 g/mol. The van der Waals surface area contributed by atoms with Gasteiger partial charge in [0.25, 0.3) is 0 Å². The van der Waals surface area contributed by atoms with E-state index in [1.807, 2.05) is 0 Å². The van der Waals surface area contributed by atoms with Crippen molar-refractivity contribution in [2.45, 2.75) is 103 Å². The lowest BCUT2D eigenvalue weighted by Crippen LogP contribution is -2.41. The number of anilines is 5. The lowest BCUT2D eigenvalue weighted by atomic mass is 9.57. The lowest BCUT2D eigenvalue weighted by molar-refractivity contribution is 0.332. The predicted molar refractivity (Wildman–Crippen MR) is 335 cm³/mol.